The summed E-state index contributed by atoms with van der Waals surface area (Å²) in [5.41, 5.74) is 0.549. The van der Waals surface area contributed by atoms with Crippen LogP contribution in [0.15, 0.2) is 48.9 Å². The van der Waals surface area contributed by atoms with Gasteiger partial charge in [0, 0.05) is 31.2 Å². The van der Waals surface area contributed by atoms with Gasteiger partial charge in [0.2, 0.25) is 0 Å². The number of piperidine rings is 3. The van der Waals surface area contributed by atoms with Crippen LogP contribution >= 0.6 is 0 Å². The molecule has 1 unspecified atom stereocenters. The van der Waals surface area contributed by atoms with Gasteiger partial charge in [-0.15, -0.1) is 0 Å². The molecule has 1 aliphatic carbocycles. The second-order valence-electron chi connectivity index (χ2n) is 10.4. The zero-order chi connectivity index (χ0) is 23.4. The van der Waals surface area contributed by atoms with Gasteiger partial charge in [-0.1, -0.05) is 56.0 Å². The molecule has 1 N–H and O–H groups in total. The van der Waals surface area contributed by atoms with E-state index in [2.05, 4.69) is 27.4 Å². The molecule has 2 aromatic rings. The number of ether oxygens (including phenoxy) is 1. The second-order valence-corrected chi connectivity index (χ2v) is 10.4. The predicted molar refractivity (Wildman–Crippen MR) is 129 cm³/mol. The van der Waals surface area contributed by atoms with E-state index in [4.69, 9.17) is 4.74 Å². The third kappa shape index (κ3) is 4.71. The number of fused-ring (bicyclic) bond motifs is 3. The number of quaternary nitrogens is 1. The highest BCUT2D eigenvalue weighted by molar-refractivity contribution is 5.90. The van der Waals surface area contributed by atoms with E-state index in [1.165, 1.54) is 12.8 Å². The van der Waals surface area contributed by atoms with Crippen molar-refractivity contribution in [3.8, 4) is 0 Å². The molecule has 1 saturated carbocycles. The Balaban J connectivity index is 1.30. The van der Waals surface area contributed by atoms with E-state index in [0.717, 1.165) is 63.7 Å². The predicted octanol–water partition coefficient (Wildman–Crippen LogP) is 3.86. The van der Waals surface area contributed by atoms with Crippen molar-refractivity contribution in [2.75, 3.05) is 31.5 Å². The van der Waals surface area contributed by atoms with E-state index in [1.54, 1.807) is 18.6 Å². The van der Waals surface area contributed by atoms with Gasteiger partial charge >= 0.3 is 5.97 Å². The van der Waals surface area contributed by atoms with E-state index in [9.17, 15) is 9.59 Å². The van der Waals surface area contributed by atoms with Crippen LogP contribution in [0.25, 0.3) is 0 Å². The fraction of sp³-hybridized carbons (Fsp3) is 0.556. The van der Waals surface area contributed by atoms with E-state index < -0.39 is 5.41 Å². The van der Waals surface area contributed by atoms with Crippen molar-refractivity contribution in [1.82, 2.24) is 9.97 Å². The SMILES string of the molecule is O=C(C[N+]12CCC(CC1)C(OC(=O)C1(c3ccccc3)CCCCCC1)C2)Nc1cnccn1. The van der Waals surface area contributed by atoms with Crippen molar-refractivity contribution in [2.45, 2.75) is 62.9 Å². The van der Waals surface area contributed by atoms with Crippen LogP contribution in [0.4, 0.5) is 5.82 Å². The first-order valence-corrected chi connectivity index (χ1v) is 12.8. The summed E-state index contributed by atoms with van der Waals surface area (Å²) in [4.78, 5) is 34.8. The summed E-state index contributed by atoms with van der Waals surface area (Å²) in [5, 5.41) is 2.87. The number of anilines is 1. The molecule has 4 heterocycles. The molecule has 4 aliphatic rings. The van der Waals surface area contributed by atoms with Gasteiger partial charge in [0.25, 0.3) is 5.91 Å². The first kappa shape index (κ1) is 23.0. The minimum atomic E-state index is -0.544. The topological polar surface area (TPSA) is 81.2 Å². The average molecular weight is 464 g/mol. The monoisotopic (exact) mass is 463 g/mol. The Morgan fingerprint density at radius 1 is 1.03 bits per heavy atom. The summed E-state index contributed by atoms with van der Waals surface area (Å²) >= 11 is 0. The summed E-state index contributed by atoms with van der Waals surface area (Å²) in [6, 6.07) is 10.2. The van der Waals surface area contributed by atoms with Gasteiger partial charge in [0.1, 0.15) is 6.54 Å². The van der Waals surface area contributed by atoms with Crippen LogP contribution in [0, 0.1) is 5.92 Å². The summed E-state index contributed by atoms with van der Waals surface area (Å²) in [6.07, 6.45) is 12.8. The van der Waals surface area contributed by atoms with Gasteiger partial charge in [0.15, 0.2) is 18.5 Å². The minimum Gasteiger partial charge on any atom is -0.455 e. The van der Waals surface area contributed by atoms with E-state index in [1.807, 2.05) is 18.2 Å². The van der Waals surface area contributed by atoms with E-state index in [0.29, 0.717) is 22.8 Å². The number of hydrogen-bond donors (Lipinski definition) is 1. The number of carbonyl (C=O) groups is 2. The van der Waals surface area contributed by atoms with Crippen molar-refractivity contribution in [1.29, 1.82) is 0 Å². The van der Waals surface area contributed by atoms with Crippen LogP contribution in [0.1, 0.15) is 56.9 Å². The quantitative estimate of drug-likeness (QED) is 0.400. The average Bonchev–Trinajstić information content (AvgIpc) is 3.13. The highest BCUT2D eigenvalue weighted by atomic mass is 16.5. The Hall–Kier alpha value is -2.80. The molecule has 2 bridgehead atoms. The smallest absolute Gasteiger partial charge is 0.317 e. The van der Waals surface area contributed by atoms with Gasteiger partial charge in [-0.25, -0.2) is 4.98 Å². The molecule has 1 aromatic heterocycles. The number of nitrogens with one attached hydrogen (secondary N) is 1. The standard InChI is InChI=1S/C27H34N4O3/c32-25(30-24-18-28-14-15-29-24)20-31-16-10-21(11-17-31)23(19-31)34-26(33)27(12-6-1-2-7-13-27)22-8-4-3-5-9-22/h3-5,8-9,14-15,18,21,23H,1-2,6-7,10-13,16-17,19-20H2/p+1. The van der Waals surface area contributed by atoms with Crippen molar-refractivity contribution in [3.05, 3.63) is 54.5 Å². The van der Waals surface area contributed by atoms with Crippen LogP contribution in [0.3, 0.4) is 0 Å². The molecule has 3 aliphatic heterocycles. The van der Waals surface area contributed by atoms with Gasteiger partial charge in [-0.3, -0.25) is 14.6 Å². The molecule has 180 valence electrons. The number of carbonyl (C=O) groups excluding carboxylic acids is 2. The van der Waals surface area contributed by atoms with Crippen LogP contribution in [0.2, 0.25) is 0 Å². The van der Waals surface area contributed by atoms with Crippen LogP contribution < -0.4 is 5.32 Å². The number of esters is 1. The van der Waals surface area contributed by atoms with Crippen molar-refractivity contribution < 1.29 is 18.8 Å². The summed E-state index contributed by atoms with van der Waals surface area (Å²) in [7, 11) is 0. The number of hydrogen-bond acceptors (Lipinski definition) is 5. The largest absolute Gasteiger partial charge is 0.455 e. The summed E-state index contributed by atoms with van der Waals surface area (Å²) in [5.74, 6) is 0.751. The normalized spacial score (nSPS) is 28.0. The molecular weight excluding hydrogens is 428 g/mol. The lowest BCUT2D eigenvalue weighted by molar-refractivity contribution is -0.939. The first-order valence-electron chi connectivity index (χ1n) is 12.8. The zero-order valence-electron chi connectivity index (χ0n) is 19.8. The maximum Gasteiger partial charge on any atom is 0.317 e. The molecule has 3 saturated heterocycles. The first-order chi connectivity index (χ1) is 16.6. The molecule has 1 aromatic carbocycles. The van der Waals surface area contributed by atoms with Crippen LogP contribution in [0.5, 0.6) is 0 Å². The lowest BCUT2D eigenvalue weighted by Crippen LogP contribution is -2.66. The molecular formula is C27H35N4O3+. The van der Waals surface area contributed by atoms with Crippen molar-refractivity contribution in [3.63, 3.8) is 0 Å². The van der Waals surface area contributed by atoms with Crippen molar-refractivity contribution >= 4 is 17.7 Å². The Kier molecular flexibility index (Phi) is 6.63. The zero-order valence-corrected chi connectivity index (χ0v) is 19.8. The number of aromatic nitrogens is 2. The maximum atomic E-state index is 13.9. The highest BCUT2D eigenvalue weighted by Crippen LogP contribution is 2.42. The molecule has 1 amide bonds. The number of rotatable bonds is 6. The minimum absolute atomic E-state index is 0.0542. The number of nitrogens with zero attached hydrogens (tertiary/aromatic N) is 3. The maximum absolute atomic E-state index is 13.9. The number of benzene rings is 1. The third-order valence-electron chi connectivity index (χ3n) is 8.28. The second kappa shape index (κ2) is 9.82. The van der Waals surface area contributed by atoms with Gasteiger partial charge in [-0.05, 0) is 18.4 Å². The van der Waals surface area contributed by atoms with Gasteiger partial charge in [-0.2, -0.15) is 0 Å². The molecule has 0 radical (unpaired) electrons. The van der Waals surface area contributed by atoms with Crippen LogP contribution in [-0.2, 0) is 19.7 Å². The van der Waals surface area contributed by atoms with Gasteiger partial charge in [0.05, 0.1) is 24.7 Å². The molecule has 6 rings (SSSR count). The lowest BCUT2D eigenvalue weighted by atomic mass is 9.74. The lowest BCUT2D eigenvalue weighted by Gasteiger charge is -2.52. The van der Waals surface area contributed by atoms with Crippen LogP contribution in [-0.4, -0.2) is 58.6 Å². The number of amides is 1. The Morgan fingerprint density at radius 3 is 2.44 bits per heavy atom. The highest BCUT2D eigenvalue weighted by Gasteiger charge is 2.51. The molecule has 0 spiro atoms. The van der Waals surface area contributed by atoms with Crippen molar-refractivity contribution in [2.24, 2.45) is 5.92 Å². The summed E-state index contributed by atoms with van der Waals surface area (Å²) < 4.78 is 7.07. The summed E-state index contributed by atoms with van der Waals surface area (Å²) in [6.45, 7) is 3.00. The molecule has 4 fully saturated rings. The third-order valence-corrected chi connectivity index (χ3v) is 8.28. The fourth-order valence-electron chi connectivity index (χ4n) is 6.38. The Bertz CT molecular complexity index is 981. The Labute approximate surface area is 201 Å². The van der Waals surface area contributed by atoms with E-state index in [-0.39, 0.29) is 18.0 Å². The fourth-order valence-corrected chi connectivity index (χ4v) is 6.38. The van der Waals surface area contributed by atoms with E-state index >= 15 is 0 Å². The molecule has 1 atom stereocenters. The molecule has 7 heteroatoms. The Morgan fingerprint density at radius 2 is 1.76 bits per heavy atom. The molecule has 34 heavy (non-hydrogen) atoms. The van der Waals surface area contributed by atoms with Gasteiger partial charge < -0.3 is 14.5 Å². The molecule has 7 nitrogen and oxygen atoms in total.